The molecule has 0 spiro atoms. The molecule has 0 aromatic carbocycles. The fourth-order valence-electron chi connectivity index (χ4n) is 1.35. The zero-order chi connectivity index (χ0) is 11.5. The van der Waals surface area contributed by atoms with E-state index in [1.165, 1.54) is 14.2 Å². The van der Waals surface area contributed by atoms with Crippen molar-refractivity contribution >= 4 is 15.7 Å². The molecule has 1 aliphatic heterocycles. The molecule has 3 atom stereocenters. The molecule has 0 saturated carbocycles. The molecule has 1 saturated heterocycles. The molecule has 1 N–H and O–H groups in total. The predicted molar refractivity (Wildman–Crippen MR) is 52.6 cm³/mol. The largest absolute Gasteiger partial charge is 0.474 e. The molecule has 8 heteroatoms. The first-order valence-electron chi connectivity index (χ1n) is 4.46. The van der Waals surface area contributed by atoms with Crippen LogP contribution in [-0.2, 0) is 22.9 Å². The Balaban J connectivity index is 2.60. The van der Waals surface area contributed by atoms with Gasteiger partial charge in [0.05, 0.1) is 12.7 Å². The average molecular weight is 236 g/mol. The van der Waals surface area contributed by atoms with Gasteiger partial charge in [-0.25, -0.2) is 4.57 Å². The van der Waals surface area contributed by atoms with Gasteiger partial charge in [0.2, 0.25) is 0 Å². The molecule has 86 valence electrons. The van der Waals surface area contributed by atoms with Crippen LogP contribution in [0, 0.1) is 0 Å². The second kappa shape index (κ2) is 5.43. The van der Waals surface area contributed by atoms with Crippen LogP contribution in [0.15, 0.2) is 0 Å². The fourth-order valence-corrected chi connectivity index (χ4v) is 2.22. The molecule has 3 unspecified atom stereocenters. The highest BCUT2D eigenvalue weighted by atomic mass is 31.2. The van der Waals surface area contributed by atoms with E-state index >= 15 is 0 Å². The number of ether oxygens (including phenoxy) is 1. The standard InChI is InChI=1S/C7H14BO6P/c1-11-15(10,12-2)14-5-3-7(8)13-6(5)4-9/h5-7,9H,3-4H2,1-2H3. The minimum Gasteiger partial charge on any atom is -0.394 e. The Morgan fingerprint density at radius 1 is 1.53 bits per heavy atom. The zero-order valence-electron chi connectivity index (χ0n) is 8.66. The van der Waals surface area contributed by atoms with Crippen LogP contribution >= 0.6 is 7.82 Å². The summed E-state index contributed by atoms with van der Waals surface area (Å²) in [5.74, 6) is 0. The van der Waals surface area contributed by atoms with Crippen molar-refractivity contribution in [2.75, 3.05) is 20.8 Å². The van der Waals surface area contributed by atoms with Crippen LogP contribution in [0.5, 0.6) is 0 Å². The molecule has 1 rings (SSSR count). The van der Waals surface area contributed by atoms with E-state index in [0.717, 1.165) is 0 Å². The van der Waals surface area contributed by atoms with Crippen molar-refractivity contribution in [1.82, 2.24) is 0 Å². The molecular formula is C7H14BO6P. The lowest BCUT2D eigenvalue weighted by atomic mass is 9.96. The van der Waals surface area contributed by atoms with Gasteiger partial charge in [-0.15, -0.1) is 0 Å². The first kappa shape index (κ1) is 13.2. The summed E-state index contributed by atoms with van der Waals surface area (Å²) in [4.78, 5) is 0. The van der Waals surface area contributed by atoms with Gasteiger partial charge in [0.25, 0.3) is 0 Å². The van der Waals surface area contributed by atoms with E-state index in [1.54, 1.807) is 0 Å². The Kier molecular flexibility index (Phi) is 4.77. The van der Waals surface area contributed by atoms with Gasteiger partial charge >= 0.3 is 7.82 Å². The quantitative estimate of drug-likeness (QED) is 0.536. The second-order valence-corrected chi connectivity index (χ2v) is 4.92. The second-order valence-electron chi connectivity index (χ2n) is 3.09. The number of hydrogen-bond donors (Lipinski definition) is 1. The minimum absolute atomic E-state index is 0.258. The van der Waals surface area contributed by atoms with Gasteiger partial charge in [-0.2, -0.15) is 0 Å². The summed E-state index contributed by atoms with van der Waals surface area (Å²) in [5.41, 5.74) is 0. The lowest BCUT2D eigenvalue weighted by Crippen LogP contribution is -2.27. The Morgan fingerprint density at radius 3 is 2.60 bits per heavy atom. The molecule has 0 amide bonds. The van der Waals surface area contributed by atoms with Crippen molar-refractivity contribution in [1.29, 1.82) is 0 Å². The van der Waals surface area contributed by atoms with Crippen molar-refractivity contribution < 1.29 is 28.0 Å². The molecular weight excluding hydrogens is 222 g/mol. The van der Waals surface area contributed by atoms with E-state index in [2.05, 4.69) is 9.05 Å². The van der Waals surface area contributed by atoms with E-state index in [0.29, 0.717) is 6.42 Å². The van der Waals surface area contributed by atoms with Gasteiger partial charge in [0, 0.05) is 20.2 Å². The predicted octanol–water partition coefficient (Wildman–Crippen LogP) is 0.0483. The smallest absolute Gasteiger partial charge is 0.394 e. The number of phosphoric ester groups is 1. The number of rotatable bonds is 5. The fraction of sp³-hybridized carbons (Fsp3) is 1.00. The molecule has 0 aromatic heterocycles. The van der Waals surface area contributed by atoms with E-state index in [1.807, 2.05) is 0 Å². The van der Waals surface area contributed by atoms with Crippen LogP contribution in [-0.4, -0.2) is 52.0 Å². The summed E-state index contributed by atoms with van der Waals surface area (Å²) in [6, 6.07) is -0.533. The summed E-state index contributed by atoms with van der Waals surface area (Å²) < 4.78 is 31.1. The maximum atomic E-state index is 11.6. The molecule has 15 heavy (non-hydrogen) atoms. The molecule has 1 fully saturated rings. The van der Waals surface area contributed by atoms with Crippen LogP contribution in [0.1, 0.15) is 6.42 Å². The lowest BCUT2D eigenvalue weighted by Gasteiger charge is -2.21. The van der Waals surface area contributed by atoms with Crippen LogP contribution in [0.3, 0.4) is 0 Å². The molecule has 2 radical (unpaired) electrons. The summed E-state index contributed by atoms with van der Waals surface area (Å²) in [6.07, 6.45) is -0.851. The van der Waals surface area contributed by atoms with Crippen LogP contribution < -0.4 is 0 Å². The van der Waals surface area contributed by atoms with Crippen molar-refractivity contribution in [2.24, 2.45) is 0 Å². The lowest BCUT2D eigenvalue weighted by molar-refractivity contribution is -0.00764. The highest BCUT2D eigenvalue weighted by Gasteiger charge is 2.39. The monoisotopic (exact) mass is 236 g/mol. The number of aliphatic hydroxyl groups excluding tert-OH is 1. The van der Waals surface area contributed by atoms with Crippen LogP contribution in [0.4, 0.5) is 0 Å². The first-order valence-corrected chi connectivity index (χ1v) is 5.92. The summed E-state index contributed by atoms with van der Waals surface area (Å²) in [7, 11) is 4.39. The minimum atomic E-state index is -3.55. The molecule has 0 aromatic rings. The zero-order valence-corrected chi connectivity index (χ0v) is 9.55. The summed E-state index contributed by atoms with van der Waals surface area (Å²) in [6.45, 7) is -0.258. The van der Waals surface area contributed by atoms with Crippen LogP contribution in [0.2, 0.25) is 0 Å². The Hall–Kier alpha value is 0.0949. The summed E-state index contributed by atoms with van der Waals surface area (Å²) in [5, 5.41) is 8.96. The van der Waals surface area contributed by atoms with Gasteiger partial charge in [-0.1, -0.05) is 0 Å². The molecule has 1 aliphatic rings. The van der Waals surface area contributed by atoms with E-state index in [4.69, 9.17) is 22.2 Å². The van der Waals surface area contributed by atoms with E-state index < -0.39 is 26.0 Å². The van der Waals surface area contributed by atoms with E-state index in [9.17, 15) is 4.57 Å². The van der Waals surface area contributed by atoms with Crippen molar-refractivity contribution in [3.8, 4) is 0 Å². The third kappa shape index (κ3) is 3.27. The maximum Gasteiger partial charge on any atom is 0.474 e. The Labute approximate surface area is 89.9 Å². The maximum absolute atomic E-state index is 11.6. The molecule has 0 aliphatic carbocycles. The SMILES string of the molecule is [B]C1CC(OP(=O)(OC)OC)C(CO)O1. The highest BCUT2D eigenvalue weighted by Crippen LogP contribution is 2.50. The first-order chi connectivity index (χ1) is 7.04. The number of phosphoric acid groups is 1. The third-order valence-corrected chi connectivity index (χ3v) is 3.54. The van der Waals surface area contributed by atoms with E-state index in [-0.39, 0.29) is 6.61 Å². The topological polar surface area (TPSA) is 74.2 Å². The number of aliphatic hydroxyl groups is 1. The van der Waals surface area contributed by atoms with Gasteiger partial charge in [-0.05, 0) is 6.42 Å². The van der Waals surface area contributed by atoms with Crippen molar-refractivity contribution in [3.63, 3.8) is 0 Å². The van der Waals surface area contributed by atoms with Gasteiger partial charge < -0.3 is 9.84 Å². The molecule has 1 heterocycles. The normalized spacial score (nSPS) is 32.1. The Bertz CT molecular complexity index is 242. The van der Waals surface area contributed by atoms with Crippen molar-refractivity contribution in [2.45, 2.75) is 24.6 Å². The van der Waals surface area contributed by atoms with Gasteiger partial charge in [0.15, 0.2) is 0 Å². The summed E-state index contributed by atoms with van der Waals surface area (Å²) >= 11 is 0. The van der Waals surface area contributed by atoms with Gasteiger partial charge in [-0.3, -0.25) is 13.6 Å². The molecule has 6 nitrogen and oxygen atoms in total. The third-order valence-electron chi connectivity index (χ3n) is 2.12. The van der Waals surface area contributed by atoms with Crippen molar-refractivity contribution in [3.05, 3.63) is 0 Å². The highest BCUT2D eigenvalue weighted by molar-refractivity contribution is 7.48. The Morgan fingerprint density at radius 2 is 2.13 bits per heavy atom. The number of hydrogen-bond acceptors (Lipinski definition) is 6. The average Bonchev–Trinajstić information content (AvgIpc) is 2.58. The van der Waals surface area contributed by atoms with Crippen LogP contribution in [0.25, 0.3) is 0 Å². The van der Waals surface area contributed by atoms with Gasteiger partial charge in [0.1, 0.15) is 14.0 Å². The molecule has 0 bridgehead atoms.